The second-order valence-electron chi connectivity index (χ2n) is 6.87. The molecule has 1 saturated heterocycles. The molecule has 0 aromatic heterocycles. The highest BCUT2D eigenvalue weighted by Crippen LogP contribution is 2.30. The first-order valence-corrected chi connectivity index (χ1v) is 9.06. The molecule has 2 fully saturated rings. The number of nitrogens with zero attached hydrogens (tertiary/aromatic N) is 1. The van der Waals surface area contributed by atoms with Crippen molar-refractivity contribution in [2.24, 2.45) is 11.3 Å². The van der Waals surface area contributed by atoms with Gasteiger partial charge in [-0.2, -0.15) is 12.7 Å². The Labute approximate surface area is 122 Å². The highest BCUT2D eigenvalue weighted by molar-refractivity contribution is 7.87. The minimum Gasteiger partial charge on any atom is -0.274 e. The van der Waals surface area contributed by atoms with Crippen LogP contribution in [0.2, 0.25) is 0 Å². The Kier molecular flexibility index (Phi) is 4.74. The molecule has 2 rings (SSSR count). The van der Waals surface area contributed by atoms with Crippen LogP contribution in [0.15, 0.2) is 0 Å². The van der Waals surface area contributed by atoms with E-state index in [-0.39, 0.29) is 17.2 Å². The maximum absolute atomic E-state index is 12.2. The van der Waals surface area contributed by atoms with Crippen LogP contribution < -0.4 is 4.72 Å². The third kappa shape index (κ3) is 3.95. The summed E-state index contributed by atoms with van der Waals surface area (Å²) in [6.45, 7) is 5.30. The topological polar surface area (TPSA) is 66.5 Å². The second-order valence-corrected chi connectivity index (χ2v) is 8.54. The smallest absolute Gasteiger partial charge is 0.274 e. The van der Waals surface area contributed by atoms with Crippen LogP contribution in [0.1, 0.15) is 58.8 Å². The van der Waals surface area contributed by atoms with Gasteiger partial charge in [-0.25, -0.2) is 4.72 Å². The average molecular weight is 302 g/mol. The molecule has 0 unspecified atom stereocenters. The molecular formula is C14H26N2O3S. The summed E-state index contributed by atoms with van der Waals surface area (Å²) in [5.74, 6) is -0.436. The molecule has 0 spiro atoms. The molecule has 2 aliphatic rings. The largest absolute Gasteiger partial charge is 0.303 e. The maximum atomic E-state index is 12.2. The fourth-order valence-corrected chi connectivity index (χ4v) is 4.18. The van der Waals surface area contributed by atoms with E-state index >= 15 is 0 Å². The van der Waals surface area contributed by atoms with E-state index in [9.17, 15) is 13.2 Å². The number of rotatable bonds is 3. The Hall–Kier alpha value is -0.620. The van der Waals surface area contributed by atoms with Crippen LogP contribution in [-0.2, 0) is 15.0 Å². The van der Waals surface area contributed by atoms with Gasteiger partial charge in [0.25, 0.3) is 0 Å². The highest BCUT2D eigenvalue weighted by Gasteiger charge is 2.34. The monoisotopic (exact) mass is 302 g/mol. The van der Waals surface area contributed by atoms with Gasteiger partial charge < -0.3 is 0 Å². The second kappa shape index (κ2) is 6.02. The first-order chi connectivity index (χ1) is 9.30. The van der Waals surface area contributed by atoms with Crippen LogP contribution in [0.4, 0.5) is 0 Å². The number of nitrogens with one attached hydrogen (secondary N) is 1. The van der Waals surface area contributed by atoms with Gasteiger partial charge in [-0.15, -0.1) is 0 Å². The Bertz CT molecular complexity index is 443. The van der Waals surface area contributed by atoms with Gasteiger partial charge in [0.1, 0.15) is 0 Å². The van der Waals surface area contributed by atoms with Crippen molar-refractivity contribution in [2.75, 3.05) is 13.1 Å². The van der Waals surface area contributed by atoms with E-state index in [1.54, 1.807) is 0 Å². The normalized spacial score (nSPS) is 25.3. The quantitative estimate of drug-likeness (QED) is 0.867. The van der Waals surface area contributed by atoms with Crippen molar-refractivity contribution in [2.45, 2.75) is 58.8 Å². The number of hydrogen-bond donors (Lipinski definition) is 1. The lowest BCUT2D eigenvalue weighted by atomic mass is 9.83. The molecule has 0 bridgehead atoms. The van der Waals surface area contributed by atoms with Crippen LogP contribution in [0.25, 0.3) is 0 Å². The number of piperidine rings is 1. The molecule has 116 valence electrons. The lowest BCUT2D eigenvalue weighted by Crippen LogP contribution is -2.49. The van der Waals surface area contributed by atoms with E-state index in [4.69, 9.17) is 0 Å². The van der Waals surface area contributed by atoms with Gasteiger partial charge in [0.2, 0.25) is 5.91 Å². The minimum absolute atomic E-state index is 0.125. The molecule has 1 aliphatic heterocycles. The first kappa shape index (κ1) is 15.8. The van der Waals surface area contributed by atoms with Gasteiger partial charge in [0, 0.05) is 19.0 Å². The van der Waals surface area contributed by atoms with Crippen LogP contribution in [-0.4, -0.2) is 31.7 Å². The molecule has 5 nitrogen and oxygen atoms in total. The van der Waals surface area contributed by atoms with Crippen molar-refractivity contribution in [1.82, 2.24) is 9.03 Å². The molecule has 0 aromatic carbocycles. The summed E-state index contributed by atoms with van der Waals surface area (Å²) in [6, 6.07) is 0. The molecule has 1 saturated carbocycles. The van der Waals surface area contributed by atoms with Crippen LogP contribution in [0.3, 0.4) is 0 Å². The van der Waals surface area contributed by atoms with Crippen molar-refractivity contribution >= 4 is 16.1 Å². The average Bonchev–Trinajstić information content (AvgIpc) is 2.38. The van der Waals surface area contributed by atoms with Gasteiger partial charge in [0.05, 0.1) is 0 Å². The lowest BCUT2D eigenvalue weighted by molar-refractivity contribution is -0.124. The molecule has 0 radical (unpaired) electrons. The summed E-state index contributed by atoms with van der Waals surface area (Å²) < 4.78 is 28.2. The number of carbonyl (C=O) groups excluding carboxylic acids is 1. The van der Waals surface area contributed by atoms with Crippen molar-refractivity contribution in [3.63, 3.8) is 0 Å². The summed E-state index contributed by atoms with van der Waals surface area (Å²) in [6.07, 6.45) is 6.50. The van der Waals surface area contributed by atoms with E-state index < -0.39 is 10.2 Å². The molecule has 1 heterocycles. The third-order valence-electron chi connectivity index (χ3n) is 4.62. The molecule has 6 heteroatoms. The summed E-state index contributed by atoms with van der Waals surface area (Å²) >= 11 is 0. The predicted molar refractivity (Wildman–Crippen MR) is 78.2 cm³/mol. The standard InChI is InChI=1S/C14H26N2O3S/c1-14(2)8-10-16(11-9-14)20(18,19)15-13(17)12-6-4-3-5-7-12/h12H,3-11H2,1-2H3,(H,15,17). The van der Waals surface area contributed by atoms with Gasteiger partial charge in [-0.05, 0) is 31.1 Å². The van der Waals surface area contributed by atoms with Gasteiger partial charge in [-0.3, -0.25) is 4.79 Å². The fraction of sp³-hybridized carbons (Fsp3) is 0.929. The SMILES string of the molecule is CC1(C)CCN(S(=O)(=O)NC(=O)C2CCCCC2)CC1. The van der Waals surface area contributed by atoms with Gasteiger partial charge in [0.15, 0.2) is 0 Å². The number of hydrogen-bond acceptors (Lipinski definition) is 3. The molecule has 1 aliphatic carbocycles. The Morgan fingerprint density at radius 3 is 2.20 bits per heavy atom. The van der Waals surface area contributed by atoms with E-state index in [1.807, 2.05) is 0 Å². The van der Waals surface area contributed by atoms with Crippen LogP contribution in [0, 0.1) is 11.3 Å². The Balaban J connectivity index is 1.92. The fourth-order valence-electron chi connectivity index (χ4n) is 2.97. The molecule has 1 amide bonds. The van der Waals surface area contributed by atoms with Crippen molar-refractivity contribution in [3.8, 4) is 0 Å². The van der Waals surface area contributed by atoms with E-state index in [2.05, 4.69) is 18.6 Å². The number of amides is 1. The van der Waals surface area contributed by atoms with Gasteiger partial charge >= 0.3 is 10.2 Å². The number of carbonyl (C=O) groups is 1. The molecule has 0 aromatic rings. The zero-order chi connectivity index (χ0) is 14.8. The Morgan fingerprint density at radius 2 is 1.65 bits per heavy atom. The van der Waals surface area contributed by atoms with Crippen molar-refractivity contribution in [1.29, 1.82) is 0 Å². The molecular weight excluding hydrogens is 276 g/mol. The molecule has 1 N–H and O–H groups in total. The van der Waals surface area contributed by atoms with E-state index in [0.29, 0.717) is 13.1 Å². The van der Waals surface area contributed by atoms with E-state index in [1.165, 1.54) is 4.31 Å². The van der Waals surface area contributed by atoms with Crippen LogP contribution in [0.5, 0.6) is 0 Å². The van der Waals surface area contributed by atoms with Crippen molar-refractivity contribution < 1.29 is 13.2 Å². The van der Waals surface area contributed by atoms with Crippen molar-refractivity contribution in [3.05, 3.63) is 0 Å². The first-order valence-electron chi connectivity index (χ1n) is 7.62. The summed E-state index contributed by atoms with van der Waals surface area (Å²) in [5.41, 5.74) is 0.194. The summed E-state index contributed by atoms with van der Waals surface area (Å²) in [5, 5.41) is 0. The lowest BCUT2D eigenvalue weighted by Gasteiger charge is -2.36. The molecule has 0 atom stereocenters. The maximum Gasteiger partial charge on any atom is 0.303 e. The summed E-state index contributed by atoms with van der Waals surface area (Å²) in [7, 11) is -3.65. The predicted octanol–water partition coefficient (Wildman–Crippen LogP) is 2.05. The summed E-state index contributed by atoms with van der Waals surface area (Å²) in [4.78, 5) is 12.1. The molecule has 20 heavy (non-hydrogen) atoms. The minimum atomic E-state index is -3.65. The van der Waals surface area contributed by atoms with Gasteiger partial charge in [-0.1, -0.05) is 33.1 Å². The zero-order valence-corrected chi connectivity index (χ0v) is 13.3. The van der Waals surface area contributed by atoms with E-state index in [0.717, 1.165) is 44.9 Å². The van der Waals surface area contributed by atoms with Crippen LogP contribution >= 0.6 is 0 Å². The highest BCUT2D eigenvalue weighted by atomic mass is 32.2. The Morgan fingerprint density at radius 1 is 1.10 bits per heavy atom. The third-order valence-corrected chi connectivity index (χ3v) is 6.13. The zero-order valence-electron chi connectivity index (χ0n) is 12.5.